The number of furan rings is 1. The first-order chi connectivity index (χ1) is 15.9. The van der Waals surface area contributed by atoms with Gasteiger partial charge in [-0.3, -0.25) is 9.36 Å². The molecule has 0 N–H and O–H groups in total. The van der Waals surface area contributed by atoms with Crippen LogP contribution in [0.1, 0.15) is 31.2 Å². The molecule has 33 heavy (non-hydrogen) atoms. The number of methoxy groups -OCH3 is 2. The summed E-state index contributed by atoms with van der Waals surface area (Å²) in [4.78, 5) is 31.6. The molecule has 8 nitrogen and oxygen atoms in total. The van der Waals surface area contributed by atoms with Crippen molar-refractivity contribution < 1.29 is 23.4 Å². The number of hydrogen-bond acceptors (Lipinski definition) is 8. The summed E-state index contributed by atoms with van der Waals surface area (Å²) < 4.78 is 24.2. The van der Waals surface area contributed by atoms with E-state index in [1.807, 2.05) is 0 Å². The van der Waals surface area contributed by atoms with Crippen LogP contribution in [0.5, 0.6) is 11.5 Å². The lowest BCUT2D eigenvalue weighted by Gasteiger charge is -2.26. The zero-order valence-electron chi connectivity index (χ0n) is 18.4. The van der Waals surface area contributed by atoms with Gasteiger partial charge in [0.2, 0.25) is 0 Å². The van der Waals surface area contributed by atoms with Gasteiger partial charge < -0.3 is 18.6 Å². The molecule has 1 atom stereocenters. The van der Waals surface area contributed by atoms with Gasteiger partial charge in [0.15, 0.2) is 16.3 Å². The number of hydrogen-bond donors (Lipinski definition) is 0. The van der Waals surface area contributed by atoms with Crippen molar-refractivity contribution >= 4 is 39.3 Å². The van der Waals surface area contributed by atoms with Crippen LogP contribution >= 0.6 is 27.3 Å². The van der Waals surface area contributed by atoms with E-state index in [0.717, 1.165) is 0 Å². The highest BCUT2D eigenvalue weighted by atomic mass is 79.9. The SMILES string of the molecule is CCOC(=O)C1=C(C)N=c2s/c(=C\c3ccco3)c(=O)n2[C@@H]1c1cc(OC)c(OC)cc1Br. The van der Waals surface area contributed by atoms with Crippen LogP contribution in [-0.2, 0) is 9.53 Å². The number of fused-ring (bicyclic) bond motifs is 1. The van der Waals surface area contributed by atoms with E-state index in [-0.39, 0.29) is 17.7 Å². The minimum atomic E-state index is -0.784. The summed E-state index contributed by atoms with van der Waals surface area (Å²) in [6.45, 7) is 3.66. The Kier molecular flexibility index (Phi) is 6.57. The quantitative estimate of drug-likeness (QED) is 0.452. The Bertz CT molecular complexity index is 1420. The minimum Gasteiger partial charge on any atom is -0.493 e. The molecule has 0 unspecified atom stereocenters. The van der Waals surface area contributed by atoms with Crippen LogP contribution < -0.4 is 24.4 Å². The number of benzene rings is 1. The number of rotatable bonds is 6. The Balaban J connectivity index is 2.02. The molecule has 10 heteroatoms. The van der Waals surface area contributed by atoms with Gasteiger partial charge in [-0.2, -0.15) is 0 Å². The van der Waals surface area contributed by atoms with Gasteiger partial charge in [-0.25, -0.2) is 9.79 Å². The topological polar surface area (TPSA) is 92.3 Å². The van der Waals surface area contributed by atoms with Crippen molar-refractivity contribution in [1.29, 1.82) is 0 Å². The molecule has 3 aromatic rings. The number of aromatic nitrogens is 1. The van der Waals surface area contributed by atoms with E-state index in [2.05, 4.69) is 20.9 Å². The summed E-state index contributed by atoms with van der Waals surface area (Å²) in [5.74, 6) is 0.985. The summed E-state index contributed by atoms with van der Waals surface area (Å²) in [5.41, 5.74) is 1.10. The largest absolute Gasteiger partial charge is 0.493 e. The summed E-state index contributed by atoms with van der Waals surface area (Å²) >= 11 is 4.80. The smallest absolute Gasteiger partial charge is 0.338 e. The number of carbonyl (C=O) groups is 1. The van der Waals surface area contributed by atoms with Gasteiger partial charge in [0.1, 0.15) is 5.76 Å². The van der Waals surface area contributed by atoms with Crippen LogP contribution in [0.4, 0.5) is 0 Å². The van der Waals surface area contributed by atoms with Crippen molar-refractivity contribution in [1.82, 2.24) is 4.57 Å². The van der Waals surface area contributed by atoms with Gasteiger partial charge in [0.25, 0.3) is 5.56 Å². The predicted molar refractivity (Wildman–Crippen MR) is 126 cm³/mol. The van der Waals surface area contributed by atoms with Crippen molar-refractivity contribution in [2.45, 2.75) is 19.9 Å². The highest BCUT2D eigenvalue weighted by Gasteiger charge is 2.35. The van der Waals surface area contributed by atoms with Gasteiger partial charge >= 0.3 is 5.97 Å². The third-order valence-corrected chi connectivity index (χ3v) is 6.80. The molecule has 0 radical (unpaired) electrons. The van der Waals surface area contributed by atoms with Gasteiger partial charge in [-0.15, -0.1) is 0 Å². The lowest BCUT2D eigenvalue weighted by molar-refractivity contribution is -0.139. The lowest BCUT2D eigenvalue weighted by Crippen LogP contribution is -2.40. The van der Waals surface area contributed by atoms with Crippen molar-refractivity contribution in [3.05, 3.63) is 77.3 Å². The molecule has 0 saturated carbocycles. The van der Waals surface area contributed by atoms with Crippen LogP contribution in [0.25, 0.3) is 6.08 Å². The van der Waals surface area contributed by atoms with E-state index < -0.39 is 12.0 Å². The van der Waals surface area contributed by atoms with Crippen molar-refractivity contribution in [2.24, 2.45) is 4.99 Å². The molecule has 0 saturated heterocycles. The summed E-state index contributed by atoms with van der Waals surface area (Å²) in [5, 5.41) is 0. The fourth-order valence-electron chi connectivity index (χ4n) is 3.67. The van der Waals surface area contributed by atoms with Crippen LogP contribution in [0.2, 0.25) is 0 Å². The van der Waals surface area contributed by atoms with Crippen LogP contribution in [0.3, 0.4) is 0 Å². The maximum atomic E-state index is 13.5. The Morgan fingerprint density at radius 2 is 2.03 bits per heavy atom. The zero-order valence-corrected chi connectivity index (χ0v) is 20.8. The molecule has 2 aromatic heterocycles. The first-order valence-electron chi connectivity index (χ1n) is 10.0. The molecule has 1 aliphatic heterocycles. The summed E-state index contributed by atoms with van der Waals surface area (Å²) in [7, 11) is 3.06. The van der Waals surface area contributed by atoms with Crippen molar-refractivity contribution in [3.8, 4) is 11.5 Å². The van der Waals surface area contributed by atoms with Gasteiger partial charge in [0.05, 0.1) is 48.9 Å². The second-order valence-corrected chi connectivity index (χ2v) is 8.91. The third kappa shape index (κ3) is 4.16. The molecule has 4 rings (SSSR count). The molecule has 0 fully saturated rings. The zero-order chi connectivity index (χ0) is 23.7. The third-order valence-electron chi connectivity index (χ3n) is 5.13. The maximum absolute atomic E-state index is 13.5. The molecule has 1 aromatic carbocycles. The molecular formula is C23H21BrN2O6S. The number of ether oxygens (including phenoxy) is 3. The highest BCUT2D eigenvalue weighted by molar-refractivity contribution is 9.10. The normalized spacial score (nSPS) is 15.8. The van der Waals surface area contributed by atoms with E-state index in [4.69, 9.17) is 18.6 Å². The lowest BCUT2D eigenvalue weighted by atomic mass is 9.95. The number of nitrogens with zero attached hydrogens (tertiary/aromatic N) is 2. The number of carbonyl (C=O) groups excluding carboxylic acids is 1. The second-order valence-electron chi connectivity index (χ2n) is 7.05. The Morgan fingerprint density at radius 3 is 2.67 bits per heavy atom. The van der Waals surface area contributed by atoms with Crippen molar-refractivity contribution in [2.75, 3.05) is 20.8 Å². The molecular weight excluding hydrogens is 512 g/mol. The monoisotopic (exact) mass is 532 g/mol. The molecule has 0 spiro atoms. The predicted octanol–water partition coefficient (Wildman–Crippen LogP) is 3.17. The van der Waals surface area contributed by atoms with Crippen LogP contribution in [-0.4, -0.2) is 31.4 Å². The minimum absolute atomic E-state index is 0.193. The van der Waals surface area contributed by atoms with Gasteiger partial charge in [0, 0.05) is 10.5 Å². The molecule has 3 heterocycles. The van der Waals surface area contributed by atoms with E-state index in [1.165, 1.54) is 36.4 Å². The average molecular weight is 533 g/mol. The number of halogens is 1. The van der Waals surface area contributed by atoms with Crippen LogP contribution in [0.15, 0.2) is 60.5 Å². The number of thiazole rings is 1. The molecule has 0 amide bonds. The van der Waals surface area contributed by atoms with Gasteiger partial charge in [-0.05, 0) is 43.7 Å². The number of esters is 1. The van der Waals surface area contributed by atoms with Crippen LogP contribution in [0, 0.1) is 0 Å². The van der Waals surface area contributed by atoms with Crippen molar-refractivity contribution in [3.63, 3.8) is 0 Å². The van der Waals surface area contributed by atoms with E-state index in [1.54, 1.807) is 44.2 Å². The van der Waals surface area contributed by atoms with E-state index in [9.17, 15) is 9.59 Å². The Hall–Kier alpha value is -3.11. The Labute approximate surface area is 201 Å². The average Bonchev–Trinajstić information content (AvgIpc) is 3.41. The Morgan fingerprint density at radius 1 is 1.30 bits per heavy atom. The van der Waals surface area contributed by atoms with Gasteiger partial charge in [-0.1, -0.05) is 27.3 Å². The molecule has 1 aliphatic rings. The standard InChI is InChI=1S/C23H21BrN2O6S/c1-5-31-22(28)19-12(2)25-23-26(21(27)18(33-23)9-13-7-6-8-32-13)20(19)14-10-16(29-3)17(30-4)11-15(14)24/h6-11,20H,5H2,1-4H3/b18-9-/t20-/m1/s1. The molecule has 0 bridgehead atoms. The fourth-order valence-corrected chi connectivity index (χ4v) is 5.23. The molecule has 0 aliphatic carbocycles. The number of allylic oxidation sites excluding steroid dienone is 1. The molecule has 172 valence electrons. The summed E-state index contributed by atoms with van der Waals surface area (Å²) in [6, 6.07) is 6.21. The second kappa shape index (κ2) is 9.40. The van der Waals surface area contributed by atoms with E-state index >= 15 is 0 Å². The fraction of sp³-hybridized carbons (Fsp3) is 0.261. The first kappa shape index (κ1) is 23.1. The highest BCUT2D eigenvalue weighted by Crippen LogP contribution is 2.40. The maximum Gasteiger partial charge on any atom is 0.338 e. The summed E-state index contributed by atoms with van der Waals surface area (Å²) in [6.07, 6.45) is 3.20. The van der Waals surface area contributed by atoms with E-state index in [0.29, 0.717) is 42.3 Å². The first-order valence-corrected chi connectivity index (χ1v) is 11.6.